The number of hydrogen-bond donors (Lipinski definition) is 0. The first-order valence-electron chi connectivity index (χ1n) is 9.51. The summed E-state index contributed by atoms with van der Waals surface area (Å²) in [7, 11) is 0. The van der Waals surface area contributed by atoms with Gasteiger partial charge in [0.25, 0.3) is 5.69 Å². The molecular weight excluding hydrogens is 507 g/mol. The van der Waals surface area contributed by atoms with E-state index in [1.54, 1.807) is 30.3 Å². The van der Waals surface area contributed by atoms with Crippen LogP contribution in [0.1, 0.15) is 23.6 Å². The number of nitro groups is 1. The van der Waals surface area contributed by atoms with Gasteiger partial charge in [0, 0.05) is 15.7 Å². The lowest BCUT2D eigenvalue weighted by molar-refractivity contribution is -0.384. The Kier molecular flexibility index (Phi) is 7.62. The third-order valence-electron chi connectivity index (χ3n) is 4.37. The largest absolute Gasteiger partial charge is 0.490 e. The maximum absolute atomic E-state index is 11.0. The quantitative estimate of drug-likeness (QED) is 0.114. The van der Waals surface area contributed by atoms with Crippen LogP contribution in [0.3, 0.4) is 0 Å². The van der Waals surface area contributed by atoms with E-state index in [1.807, 2.05) is 37.3 Å². The summed E-state index contributed by atoms with van der Waals surface area (Å²) in [4.78, 5) is 10.5. The topological polar surface area (TPSA) is 85.4 Å². The van der Waals surface area contributed by atoms with Crippen molar-refractivity contribution in [3.63, 3.8) is 0 Å². The van der Waals surface area contributed by atoms with Crippen molar-refractivity contribution in [3.8, 4) is 17.6 Å². The highest BCUT2D eigenvalue weighted by Crippen LogP contribution is 2.31. The number of benzene rings is 3. The maximum Gasteiger partial charge on any atom is 0.270 e. The summed E-state index contributed by atoms with van der Waals surface area (Å²) in [6.45, 7) is 2.75. The van der Waals surface area contributed by atoms with Gasteiger partial charge >= 0.3 is 0 Å². The van der Waals surface area contributed by atoms with Crippen LogP contribution < -0.4 is 9.47 Å². The SMILES string of the molecule is CCOc1cc(/C=C(/C#N)c2cccc([N+](=O)[O-])c2)ccc1OCc1ccc(I)cc1. The van der Waals surface area contributed by atoms with Crippen molar-refractivity contribution < 1.29 is 14.4 Å². The lowest BCUT2D eigenvalue weighted by Gasteiger charge is -2.13. The summed E-state index contributed by atoms with van der Waals surface area (Å²) in [5, 5.41) is 20.6. The number of non-ortho nitro benzene ring substituents is 1. The molecule has 0 unspecified atom stereocenters. The first-order valence-corrected chi connectivity index (χ1v) is 10.6. The lowest BCUT2D eigenvalue weighted by atomic mass is 10.0. The standard InChI is InChI=1S/C24H19IN2O4/c1-2-30-24-13-18(8-11-23(24)31-16-17-6-9-21(25)10-7-17)12-20(15-26)19-4-3-5-22(14-19)27(28)29/h3-14H,2,16H2,1H3/b20-12-. The number of nitriles is 1. The molecule has 3 aromatic carbocycles. The number of allylic oxidation sites excluding steroid dienone is 1. The van der Waals surface area contributed by atoms with Gasteiger partial charge < -0.3 is 9.47 Å². The molecule has 0 N–H and O–H groups in total. The van der Waals surface area contributed by atoms with Crippen molar-refractivity contribution >= 4 is 39.9 Å². The van der Waals surface area contributed by atoms with Crippen LogP contribution >= 0.6 is 22.6 Å². The van der Waals surface area contributed by atoms with E-state index in [1.165, 1.54) is 12.1 Å². The predicted octanol–water partition coefficient (Wildman–Crippen LogP) is 6.24. The molecule has 0 aromatic heterocycles. The van der Waals surface area contributed by atoms with Gasteiger partial charge in [-0.1, -0.05) is 30.3 Å². The molecule has 156 valence electrons. The number of rotatable bonds is 8. The molecule has 0 heterocycles. The van der Waals surface area contributed by atoms with E-state index >= 15 is 0 Å². The highest BCUT2D eigenvalue weighted by molar-refractivity contribution is 14.1. The molecule has 0 aliphatic carbocycles. The highest BCUT2D eigenvalue weighted by atomic mass is 127. The van der Waals surface area contributed by atoms with Gasteiger partial charge in [-0.05, 0) is 76.5 Å². The van der Waals surface area contributed by atoms with Crippen LogP contribution in [-0.4, -0.2) is 11.5 Å². The van der Waals surface area contributed by atoms with Crippen LogP contribution in [0.25, 0.3) is 11.6 Å². The third kappa shape index (κ3) is 6.06. The zero-order chi connectivity index (χ0) is 22.2. The van der Waals surface area contributed by atoms with Gasteiger partial charge in [0.15, 0.2) is 11.5 Å². The smallest absolute Gasteiger partial charge is 0.270 e. The highest BCUT2D eigenvalue weighted by Gasteiger charge is 2.11. The fourth-order valence-electron chi connectivity index (χ4n) is 2.88. The molecule has 0 fully saturated rings. The summed E-state index contributed by atoms with van der Waals surface area (Å²) in [6.07, 6.45) is 1.67. The van der Waals surface area contributed by atoms with Crippen molar-refractivity contribution in [3.05, 3.63) is 97.1 Å². The Morgan fingerprint density at radius 3 is 2.55 bits per heavy atom. The van der Waals surface area contributed by atoms with Gasteiger partial charge in [-0.3, -0.25) is 10.1 Å². The van der Waals surface area contributed by atoms with Gasteiger partial charge in [-0.2, -0.15) is 5.26 Å². The van der Waals surface area contributed by atoms with Crippen molar-refractivity contribution in [2.24, 2.45) is 0 Å². The number of hydrogen-bond acceptors (Lipinski definition) is 5. The van der Waals surface area contributed by atoms with Gasteiger partial charge in [0.2, 0.25) is 0 Å². The predicted molar refractivity (Wildman–Crippen MR) is 128 cm³/mol. The van der Waals surface area contributed by atoms with E-state index in [0.29, 0.717) is 35.8 Å². The molecule has 6 nitrogen and oxygen atoms in total. The molecule has 0 bridgehead atoms. The minimum absolute atomic E-state index is 0.0620. The summed E-state index contributed by atoms with van der Waals surface area (Å²) < 4.78 is 12.8. The number of nitro benzene ring substituents is 1. The Balaban J connectivity index is 1.86. The molecule has 0 spiro atoms. The molecule has 3 aromatic rings. The average molecular weight is 526 g/mol. The molecule has 0 aliphatic heterocycles. The summed E-state index contributed by atoms with van der Waals surface area (Å²) in [6, 6.07) is 21.6. The number of ether oxygens (including phenoxy) is 2. The van der Waals surface area contributed by atoms with E-state index < -0.39 is 4.92 Å². The second-order valence-corrected chi connectivity index (χ2v) is 7.78. The lowest BCUT2D eigenvalue weighted by Crippen LogP contribution is -2.00. The first kappa shape index (κ1) is 22.3. The number of nitrogens with zero attached hydrogens (tertiary/aromatic N) is 2. The normalized spacial score (nSPS) is 10.9. The van der Waals surface area contributed by atoms with E-state index in [-0.39, 0.29) is 5.69 Å². The van der Waals surface area contributed by atoms with Crippen LogP contribution in [0.2, 0.25) is 0 Å². The van der Waals surface area contributed by atoms with Gasteiger partial charge in [0.1, 0.15) is 6.61 Å². The van der Waals surface area contributed by atoms with Crippen LogP contribution in [0.5, 0.6) is 11.5 Å². The van der Waals surface area contributed by atoms with Crippen LogP contribution in [0.4, 0.5) is 5.69 Å². The van der Waals surface area contributed by atoms with Crippen LogP contribution in [0, 0.1) is 25.0 Å². The van der Waals surface area contributed by atoms with Crippen LogP contribution in [-0.2, 0) is 6.61 Å². The van der Waals surface area contributed by atoms with Crippen molar-refractivity contribution in [2.45, 2.75) is 13.5 Å². The van der Waals surface area contributed by atoms with Crippen LogP contribution in [0.15, 0.2) is 66.7 Å². The zero-order valence-corrected chi connectivity index (χ0v) is 18.9. The molecule has 3 rings (SSSR count). The Labute approximate surface area is 194 Å². The molecule has 0 radical (unpaired) electrons. The molecule has 0 atom stereocenters. The molecular formula is C24H19IN2O4. The maximum atomic E-state index is 11.0. The van der Waals surface area contributed by atoms with E-state index in [2.05, 4.69) is 28.7 Å². The van der Waals surface area contributed by atoms with Crippen molar-refractivity contribution in [2.75, 3.05) is 6.61 Å². The molecule has 7 heteroatoms. The molecule has 0 saturated carbocycles. The first-order chi connectivity index (χ1) is 15.0. The monoisotopic (exact) mass is 526 g/mol. The molecule has 0 aliphatic rings. The molecule has 31 heavy (non-hydrogen) atoms. The number of halogens is 1. The minimum atomic E-state index is -0.481. The summed E-state index contributed by atoms with van der Waals surface area (Å²) in [5.74, 6) is 1.17. The molecule has 0 amide bonds. The Morgan fingerprint density at radius 2 is 1.87 bits per heavy atom. The Hall–Kier alpha value is -3.38. The second kappa shape index (κ2) is 10.6. The third-order valence-corrected chi connectivity index (χ3v) is 5.09. The molecule has 0 saturated heterocycles. The van der Waals surface area contributed by atoms with Crippen molar-refractivity contribution in [1.82, 2.24) is 0 Å². The van der Waals surface area contributed by atoms with Gasteiger partial charge in [-0.25, -0.2) is 0 Å². The van der Waals surface area contributed by atoms with Gasteiger partial charge in [-0.15, -0.1) is 0 Å². The second-order valence-electron chi connectivity index (χ2n) is 6.53. The average Bonchev–Trinajstić information content (AvgIpc) is 2.78. The fourth-order valence-corrected chi connectivity index (χ4v) is 3.24. The minimum Gasteiger partial charge on any atom is -0.490 e. The Morgan fingerprint density at radius 1 is 1.10 bits per heavy atom. The fraction of sp³-hybridized carbons (Fsp3) is 0.125. The van der Waals surface area contributed by atoms with E-state index in [4.69, 9.17) is 9.47 Å². The zero-order valence-electron chi connectivity index (χ0n) is 16.7. The Bertz CT molecular complexity index is 1150. The van der Waals surface area contributed by atoms with Crippen molar-refractivity contribution in [1.29, 1.82) is 5.26 Å². The van der Waals surface area contributed by atoms with E-state index in [9.17, 15) is 15.4 Å². The summed E-state index contributed by atoms with van der Waals surface area (Å²) in [5.41, 5.74) is 2.51. The summed E-state index contributed by atoms with van der Waals surface area (Å²) >= 11 is 2.26. The van der Waals surface area contributed by atoms with E-state index in [0.717, 1.165) is 14.7 Å². The van der Waals surface area contributed by atoms with Gasteiger partial charge in [0.05, 0.1) is 23.2 Å².